The third-order valence-corrected chi connectivity index (χ3v) is 11.7. The van der Waals surface area contributed by atoms with Crippen LogP contribution in [0.3, 0.4) is 0 Å². The molecule has 262 valence electrons. The standard InChI is InChI=1S/C53H40N2/c1-5-35(28-27-34(2)52-54-48-25-15-16-26-49(48)55(52)39-19-7-6-8-20-39)50-41-22-11-12-23-42(41)51(38-30-29-36-17-9-10-18-37(36)31-38)45-33-47-43(32-44(45)50)40-21-13-14-24-46(40)53(47,3)4/h5-33H,2H2,1,3-4H3/b28-27-,35-5+. The largest absolute Gasteiger partial charge is 0.292 e. The Hall–Kier alpha value is -6.77. The van der Waals surface area contributed by atoms with Gasteiger partial charge in [0.1, 0.15) is 5.82 Å². The minimum atomic E-state index is -0.127. The van der Waals surface area contributed by atoms with Crippen molar-refractivity contribution >= 4 is 54.5 Å². The minimum Gasteiger partial charge on any atom is -0.292 e. The van der Waals surface area contributed by atoms with Crippen LogP contribution in [0, 0.1) is 0 Å². The summed E-state index contributed by atoms with van der Waals surface area (Å²) in [5.41, 5.74) is 14.0. The van der Waals surface area contributed by atoms with Gasteiger partial charge in [-0.2, -0.15) is 0 Å². The number of allylic oxidation sites excluding steroid dienone is 5. The molecular weight excluding hydrogens is 665 g/mol. The van der Waals surface area contributed by atoms with Crippen molar-refractivity contribution in [1.82, 2.24) is 9.55 Å². The molecular formula is C53H40N2. The van der Waals surface area contributed by atoms with Crippen molar-refractivity contribution in [1.29, 1.82) is 0 Å². The van der Waals surface area contributed by atoms with Crippen LogP contribution in [-0.2, 0) is 5.41 Å². The molecule has 1 aliphatic carbocycles. The quantitative estimate of drug-likeness (QED) is 0.124. The van der Waals surface area contributed by atoms with Crippen molar-refractivity contribution in [3.05, 3.63) is 205 Å². The van der Waals surface area contributed by atoms with Crippen molar-refractivity contribution in [2.75, 3.05) is 0 Å². The van der Waals surface area contributed by atoms with E-state index in [2.05, 4.69) is 196 Å². The number of hydrogen-bond acceptors (Lipinski definition) is 1. The van der Waals surface area contributed by atoms with Gasteiger partial charge < -0.3 is 0 Å². The van der Waals surface area contributed by atoms with Gasteiger partial charge in [0, 0.05) is 16.7 Å². The van der Waals surface area contributed by atoms with E-state index in [1.54, 1.807) is 0 Å². The van der Waals surface area contributed by atoms with Gasteiger partial charge in [-0.15, -0.1) is 0 Å². The smallest absolute Gasteiger partial charge is 0.145 e. The van der Waals surface area contributed by atoms with Gasteiger partial charge in [-0.25, -0.2) is 4.98 Å². The average molecular weight is 705 g/mol. The zero-order chi connectivity index (χ0) is 37.3. The Morgan fingerprint density at radius 3 is 2.15 bits per heavy atom. The Kier molecular flexibility index (Phi) is 7.57. The Morgan fingerprint density at radius 2 is 1.31 bits per heavy atom. The van der Waals surface area contributed by atoms with Gasteiger partial charge in [0.2, 0.25) is 0 Å². The molecule has 0 fully saturated rings. The summed E-state index contributed by atoms with van der Waals surface area (Å²) < 4.78 is 2.21. The number of aromatic nitrogens is 2. The Labute approximate surface area is 322 Å². The van der Waals surface area contributed by atoms with Crippen LogP contribution in [0.25, 0.3) is 82.4 Å². The molecule has 1 aromatic heterocycles. The number of para-hydroxylation sites is 3. The third kappa shape index (κ3) is 5.13. The molecule has 2 heteroatoms. The number of rotatable bonds is 6. The number of imidazole rings is 1. The van der Waals surface area contributed by atoms with Crippen molar-refractivity contribution in [3.8, 4) is 27.9 Å². The molecule has 1 aliphatic rings. The Bertz CT molecular complexity index is 3080. The van der Waals surface area contributed by atoms with E-state index in [9.17, 15) is 0 Å². The van der Waals surface area contributed by atoms with Crippen molar-refractivity contribution in [2.24, 2.45) is 0 Å². The second kappa shape index (κ2) is 12.7. The molecule has 9 aromatic rings. The van der Waals surface area contributed by atoms with Crippen molar-refractivity contribution < 1.29 is 0 Å². The lowest BCUT2D eigenvalue weighted by Gasteiger charge is -2.24. The Morgan fingerprint density at radius 1 is 0.600 bits per heavy atom. The first-order valence-electron chi connectivity index (χ1n) is 19.1. The summed E-state index contributed by atoms with van der Waals surface area (Å²) in [4.78, 5) is 5.10. The summed E-state index contributed by atoms with van der Waals surface area (Å²) in [7, 11) is 0. The molecule has 0 spiro atoms. The molecule has 0 N–H and O–H groups in total. The molecule has 0 radical (unpaired) electrons. The molecule has 1 heterocycles. The van der Waals surface area contributed by atoms with Crippen LogP contribution < -0.4 is 0 Å². The van der Waals surface area contributed by atoms with Crippen LogP contribution in [-0.4, -0.2) is 9.55 Å². The maximum absolute atomic E-state index is 5.10. The van der Waals surface area contributed by atoms with Crippen molar-refractivity contribution in [2.45, 2.75) is 26.2 Å². The predicted octanol–water partition coefficient (Wildman–Crippen LogP) is 14.1. The summed E-state index contributed by atoms with van der Waals surface area (Å²) in [5.74, 6) is 0.831. The Balaban J connectivity index is 1.22. The van der Waals surface area contributed by atoms with Gasteiger partial charge in [0.15, 0.2) is 0 Å². The zero-order valence-electron chi connectivity index (χ0n) is 31.3. The third-order valence-electron chi connectivity index (χ3n) is 11.7. The summed E-state index contributed by atoms with van der Waals surface area (Å²) in [6.45, 7) is 11.5. The highest BCUT2D eigenvalue weighted by Crippen LogP contribution is 2.52. The van der Waals surface area contributed by atoms with Crippen LogP contribution in [0.2, 0.25) is 0 Å². The van der Waals surface area contributed by atoms with Crippen LogP contribution in [0.4, 0.5) is 0 Å². The second-order valence-corrected chi connectivity index (χ2v) is 15.2. The molecule has 0 bridgehead atoms. The van der Waals surface area contributed by atoms with Gasteiger partial charge in [-0.05, 0) is 126 Å². The van der Waals surface area contributed by atoms with E-state index in [0.29, 0.717) is 0 Å². The van der Waals surface area contributed by atoms with E-state index < -0.39 is 0 Å². The maximum Gasteiger partial charge on any atom is 0.145 e. The SMILES string of the molecule is C=C(/C=C\C(=C/C)c1c2ccccc2c(-c2ccc3ccccc3c2)c2cc3c(cc12)-c1ccccc1C3(C)C)c1nc2ccccc2n1-c1ccccc1. The fraction of sp³-hybridized carbons (Fsp3) is 0.0755. The number of nitrogens with zero attached hydrogens (tertiary/aromatic N) is 2. The molecule has 0 atom stereocenters. The first-order chi connectivity index (χ1) is 26.9. The summed E-state index contributed by atoms with van der Waals surface area (Å²) in [6, 6.07) is 57.2. The van der Waals surface area contributed by atoms with Crippen LogP contribution in [0.15, 0.2) is 183 Å². The monoisotopic (exact) mass is 704 g/mol. The van der Waals surface area contributed by atoms with E-state index in [-0.39, 0.29) is 5.41 Å². The van der Waals surface area contributed by atoms with Crippen LogP contribution in [0.1, 0.15) is 43.3 Å². The molecule has 55 heavy (non-hydrogen) atoms. The average Bonchev–Trinajstić information content (AvgIpc) is 3.72. The number of benzene rings is 8. The molecule has 0 unspecified atom stereocenters. The normalized spacial score (nSPS) is 13.6. The fourth-order valence-corrected chi connectivity index (χ4v) is 9.01. The van der Waals surface area contributed by atoms with E-state index in [0.717, 1.165) is 33.7 Å². The van der Waals surface area contributed by atoms with Crippen molar-refractivity contribution in [3.63, 3.8) is 0 Å². The minimum absolute atomic E-state index is 0.127. The molecule has 8 aromatic carbocycles. The molecule has 0 aliphatic heterocycles. The molecule has 0 saturated carbocycles. The maximum atomic E-state index is 5.10. The van der Waals surface area contributed by atoms with E-state index in [1.807, 2.05) is 12.1 Å². The fourth-order valence-electron chi connectivity index (χ4n) is 9.01. The highest BCUT2D eigenvalue weighted by atomic mass is 15.1. The van der Waals surface area contributed by atoms with Gasteiger partial charge in [0.05, 0.1) is 11.0 Å². The van der Waals surface area contributed by atoms with Gasteiger partial charge in [-0.3, -0.25) is 4.57 Å². The lowest BCUT2D eigenvalue weighted by atomic mass is 9.79. The first-order valence-corrected chi connectivity index (χ1v) is 19.1. The molecule has 0 amide bonds. The summed E-state index contributed by atoms with van der Waals surface area (Å²) >= 11 is 0. The van der Waals surface area contributed by atoms with E-state index >= 15 is 0 Å². The second-order valence-electron chi connectivity index (χ2n) is 15.2. The topological polar surface area (TPSA) is 17.8 Å². The van der Waals surface area contributed by atoms with E-state index in [4.69, 9.17) is 4.98 Å². The number of hydrogen-bond donors (Lipinski definition) is 0. The first kappa shape index (κ1) is 32.8. The van der Waals surface area contributed by atoms with Gasteiger partial charge in [-0.1, -0.05) is 154 Å². The summed E-state index contributed by atoms with van der Waals surface area (Å²) in [6.07, 6.45) is 6.62. The summed E-state index contributed by atoms with van der Waals surface area (Å²) in [5, 5.41) is 7.47. The highest BCUT2D eigenvalue weighted by Gasteiger charge is 2.36. The lowest BCUT2D eigenvalue weighted by Crippen LogP contribution is -2.14. The van der Waals surface area contributed by atoms with E-state index in [1.165, 1.54) is 71.3 Å². The molecule has 2 nitrogen and oxygen atoms in total. The molecule has 0 saturated heterocycles. The zero-order valence-corrected chi connectivity index (χ0v) is 31.3. The van der Waals surface area contributed by atoms with Crippen LogP contribution in [0.5, 0.6) is 0 Å². The van der Waals surface area contributed by atoms with Gasteiger partial charge >= 0.3 is 0 Å². The lowest BCUT2D eigenvalue weighted by molar-refractivity contribution is 0.661. The predicted molar refractivity (Wildman–Crippen MR) is 235 cm³/mol. The van der Waals surface area contributed by atoms with Crippen LogP contribution >= 0.6 is 0 Å². The van der Waals surface area contributed by atoms with Gasteiger partial charge in [0.25, 0.3) is 0 Å². The number of fused-ring (bicyclic) bond motifs is 7. The highest BCUT2D eigenvalue weighted by molar-refractivity contribution is 6.21. The molecule has 10 rings (SSSR count).